The van der Waals surface area contributed by atoms with Gasteiger partial charge in [0.1, 0.15) is 5.69 Å². The van der Waals surface area contributed by atoms with Gasteiger partial charge < -0.3 is 9.30 Å². The number of nitrogens with zero attached hydrogens (tertiary/aromatic N) is 1. The third-order valence-electron chi connectivity index (χ3n) is 2.11. The van der Waals surface area contributed by atoms with Gasteiger partial charge in [-0.3, -0.25) is 9.59 Å². The van der Waals surface area contributed by atoms with E-state index in [0.29, 0.717) is 4.57 Å². The van der Waals surface area contributed by atoms with E-state index in [-0.39, 0.29) is 13.0 Å². The number of halogens is 3. The molecular formula is C10H10F3NO3. The Morgan fingerprint density at radius 2 is 2.06 bits per heavy atom. The number of carbonyl (C=O) groups is 1. The van der Waals surface area contributed by atoms with Gasteiger partial charge >= 0.3 is 12.1 Å². The molecule has 1 aromatic rings. The molecule has 17 heavy (non-hydrogen) atoms. The van der Waals surface area contributed by atoms with Crippen LogP contribution in [0.2, 0.25) is 0 Å². The predicted octanol–water partition coefficient (Wildman–Crippen LogP) is 1.43. The number of rotatable bonds is 3. The first kappa shape index (κ1) is 13.3. The van der Waals surface area contributed by atoms with Crippen molar-refractivity contribution in [2.24, 2.45) is 0 Å². The second-order valence-electron chi connectivity index (χ2n) is 3.22. The molecule has 0 fully saturated rings. The van der Waals surface area contributed by atoms with Crippen LogP contribution in [-0.2, 0) is 22.3 Å². The fraction of sp³-hybridized carbons (Fsp3) is 0.400. The molecule has 1 rings (SSSR count). The van der Waals surface area contributed by atoms with Crippen molar-refractivity contribution in [3.8, 4) is 0 Å². The first-order valence-electron chi connectivity index (χ1n) is 4.70. The maximum Gasteiger partial charge on any atom is 0.431 e. The minimum Gasteiger partial charge on any atom is -0.469 e. The summed E-state index contributed by atoms with van der Waals surface area (Å²) in [6, 6.07) is 2.82. The van der Waals surface area contributed by atoms with Crippen molar-refractivity contribution >= 4 is 5.97 Å². The highest BCUT2D eigenvalue weighted by Crippen LogP contribution is 2.28. The van der Waals surface area contributed by atoms with Crippen LogP contribution < -0.4 is 5.56 Å². The Labute approximate surface area is 94.6 Å². The first-order chi connectivity index (χ1) is 7.86. The highest BCUT2D eigenvalue weighted by Gasteiger charge is 2.34. The summed E-state index contributed by atoms with van der Waals surface area (Å²) in [5.41, 5.74) is -1.88. The zero-order chi connectivity index (χ0) is 13.1. The van der Waals surface area contributed by atoms with Crippen molar-refractivity contribution in [2.75, 3.05) is 7.11 Å². The molecular weight excluding hydrogens is 239 g/mol. The monoisotopic (exact) mass is 249 g/mol. The summed E-state index contributed by atoms with van der Waals surface area (Å²) >= 11 is 0. The maximum atomic E-state index is 12.6. The second kappa shape index (κ2) is 5.03. The van der Waals surface area contributed by atoms with E-state index in [2.05, 4.69) is 4.74 Å². The number of hydrogen-bond donors (Lipinski definition) is 0. The van der Waals surface area contributed by atoms with Crippen LogP contribution in [0, 0.1) is 0 Å². The van der Waals surface area contributed by atoms with E-state index in [0.717, 1.165) is 25.3 Å². The van der Waals surface area contributed by atoms with Crippen molar-refractivity contribution < 1.29 is 22.7 Å². The van der Waals surface area contributed by atoms with E-state index in [1.54, 1.807) is 0 Å². The number of aromatic nitrogens is 1. The summed E-state index contributed by atoms with van der Waals surface area (Å²) in [6.45, 7) is -0.360. The van der Waals surface area contributed by atoms with Crippen molar-refractivity contribution in [2.45, 2.75) is 19.1 Å². The Morgan fingerprint density at radius 1 is 1.41 bits per heavy atom. The number of ether oxygens (including phenoxy) is 1. The lowest BCUT2D eigenvalue weighted by atomic mass is 10.3. The van der Waals surface area contributed by atoms with Crippen LogP contribution in [0.5, 0.6) is 0 Å². The number of pyridine rings is 1. The Bertz CT molecular complexity index is 465. The van der Waals surface area contributed by atoms with Gasteiger partial charge in [0, 0.05) is 12.6 Å². The molecule has 0 spiro atoms. The molecule has 0 N–H and O–H groups in total. The van der Waals surface area contributed by atoms with E-state index >= 15 is 0 Å². The molecule has 0 bridgehead atoms. The summed E-state index contributed by atoms with van der Waals surface area (Å²) in [6.07, 6.45) is -4.92. The average molecular weight is 249 g/mol. The summed E-state index contributed by atoms with van der Waals surface area (Å²) in [7, 11) is 1.13. The van der Waals surface area contributed by atoms with Gasteiger partial charge in [0.15, 0.2) is 0 Å². The number of esters is 1. The van der Waals surface area contributed by atoms with Gasteiger partial charge in [-0.2, -0.15) is 13.2 Å². The largest absolute Gasteiger partial charge is 0.469 e. The summed E-state index contributed by atoms with van der Waals surface area (Å²) in [4.78, 5) is 22.1. The number of carbonyl (C=O) groups excluding carboxylic acids is 1. The third kappa shape index (κ3) is 3.33. The molecule has 0 unspecified atom stereocenters. The molecule has 0 saturated carbocycles. The lowest BCUT2D eigenvalue weighted by Crippen LogP contribution is -2.28. The van der Waals surface area contributed by atoms with Gasteiger partial charge in [-0.25, -0.2) is 0 Å². The Kier molecular flexibility index (Phi) is 3.93. The zero-order valence-electron chi connectivity index (χ0n) is 8.95. The van der Waals surface area contributed by atoms with E-state index in [1.807, 2.05) is 0 Å². The normalized spacial score (nSPS) is 11.3. The van der Waals surface area contributed by atoms with Gasteiger partial charge in [0.25, 0.3) is 5.56 Å². The molecule has 1 heterocycles. The summed E-state index contributed by atoms with van der Waals surface area (Å²) in [5, 5.41) is 0. The molecule has 0 saturated heterocycles. The number of methoxy groups -OCH3 is 1. The lowest BCUT2D eigenvalue weighted by Gasteiger charge is -2.14. The molecule has 94 valence electrons. The summed E-state index contributed by atoms with van der Waals surface area (Å²) in [5.74, 6) is -0.672. The van der Waals surface area contributed by atoms with Crippen molar-refractivity contribution in [1.82, 2.24) is 4.57 Å². The van der Waals surface area contributed by atoms with Crippen molar-refractivity contribution in [3.63, 3.8) is 0 Å². The smallest absolute Gasteiger partial charge is 0.431 e. The highest BCUT2D eigenvalue weighted by atomic mass is 19.4. The Hall–Kier alpha value is -1.79. The van der Waals surface area contributed by atoms with Crippen molar-refractivity contribution in [1.29, 1.82) is 0 Å². The van der Waals surface area contributed by atoms with E-state index in [1.165, 1.54) is 0 Å². The van der Waals surface area contributed by atoms with Crippen molar-refractivity contribution in [3.05, 3.63) is 34.2 Å². The van der Waals surface area contributed by atoms with Crippen LogP contribution in [-0.4, -0.2) is 17.6 Å². The van der Waals surface area contributed by atoms with E-state index < -0.39 is 23.4 Å². The summed E-state index contributed by atoms with van der Waals surface area (Å²) < 4.78 is 42.5. The molecule has 0 aliphatic rings. The molecule has 1 aromatic heterocycles. The molecule has 4 nitrogen and oxygen atoms in total. The second-order valence-corrected chi connectivity index (χ2v) is 3.22. The average Bonchev–Trinajstić information content (AvgIpc) is 2.25. The van der Waals surface area contributed by atoms with Gasteiger partial charge in [-0.1, -0.05) is 6.07 Å². The maximum absolute atomic E-state index is 12.6. The van der Waals surface area contributed by atoms with Crippen LogP contribution in [0.25, 0.3) is 0 Å². The van der Waals surface area contributed by atoms with Crippen LogP contribution in [0.15, 0.2) is 23.0 Å². The number of alkyl halides is 3. The number of hydrogen-bond acceptors (Lipinski definition) is 3. The lowest BCUT2D eigenvalue weighted by molar-refractivity contribution is -0.146. The minimum absolute atomic E-state index is 0.288. The van der Waals surface area contributed by atoms with Gasteiger partial charge in [-0.15, -0.1) is 0 Å². The molecule has 0 aliphatic carbocycles. The zero-order valence-corrected chi connectivity index (χ0v) is 8.95. The standard InChI is InChI=1S/C10H10F3NO3/c1-17-9(16)5-6-14-7(10(11,12)13)3-2-4-8(14)15/h2-4H,5-6H2,1H3. The van der Waals surface area contributed by atoms with Crippen LogP contribution in [0.1, 0.15) is 12.1 Å². The molecule has 0 radical (unpaired) electrons. The highest BCUT2D eigenvalue weighted by molar-refractivity contribution is 5.68. The SMILES string of the molecule is COC(=O)CCn1c(C(F)(F)F)cccc1=O. The van der Waals surface area contributed by atoms with Crippen LogP contribution >= 0.6 is 0 Å². The topological polar surface area (TPSA) is 48.3 Å². The molecule has 7 heteroatoms. The van der Waals surface area contributed by atoms with Crippen LogP contribution in [0.4, 0.5) is 13.2 Å². The minimum atomic E-state index is -4.63. The Balaban J connectivity index is 3.05. The fourth-order valence-corrected chi connectivity index (χ4v) is 1.30. The van der Waals surface area contributed by atoms with Gasteiger partial charge in [0.05, 0.1) is 13.5 Å². The molecule has 0 atom stereocenters. The fourth-order valence-electron chi connectivity index (χ4n) is 1.30. The first-order valence-corrected chi connectivity index (χ1v) is 4.70. The van der Waals surface area contributed by atoms with Crippen LogP contribution in [0.3, 0.4) is 0 Å². The molecule has 0 aromatic carbocycles. The van der Waals surface area contributed by atoms with E-state index in [9.17, 15) is 22.8 Å². The van der Waals surface area contributed by atoms with Gasteiger partial charge in [0.2, 0.25) is 0 Å². The van der Waals surface area contributed by atoms with E-state index in [4.69, 9.17) is 0 Å². The van der Waals surface area contributed by atoms with Gasteiger partial charge in [-0.05, 0) is 6.07 Å². The predicted molar refractivity (Wildman–Crippen MR) is 52.3 cm³/mol. The Morgan fingerprint density at radius 3 is 2.59 bits per heavy atom. The molecule has 0 amide bonds. The molecule has 0 aliphatic heterocycles. The third-order valence-corrected chi connectivity index (χ3v) is 2.11. The quantitative estimate of drug-likeness (QED) is 0.761.